The lowest BCUT2D eigenvalue weighted by Gasteiger charge is -2.31. The predicted octanol–water partition coefficient (Wildman–Crippen LogP) is 2.56. The predicted molar refractivity (Wildman–Crippen MR) is 97.7 cm³/mol. The van der Waals surface area contributed by atoms with Crippen molar-refractivity contribution in [1.82, 2.24) is 19.5 Å². The maximum Gasteiger partial charge on any atom is 0.129 e. The maximum absolute atomic E-state index is 9.50. The zero-order valence-electron chi connectivity index (χ0n) is 14.6. The fourth-order valence-corrected chi connectivity index (χ4v) is 3.44. The van der Waals surface area contributed by atoms with Gasteiger partial charge in [0.1, 0.15) is 17.5 Å². The van der Waals surface area contributed by atoms with Crippen molar-refractivity contribution < 1.29 is 5.11 Å². The molecule has 0 bridgehead atoms. The summed E-state index contributed by atoms with van der Waals surface area (Å²) in [5.41, 5.74) is 3.22. The van der Waals surface area contributed by atoms with E-state index in [1.807, 2.05) is 31.2 Å². The van der Waals surface area contributed by atoms with E-state index in [0.29, 0.717) is 5.92 Å². The van der Waals surface area contributed by atoms with E-state index in [4.69, 9.17) is 4.98 Å². The van der Waals surface area contributed by atoms with Gasteiger partial charge in [0.2, 0.25) is 0 Å². The van der Waals surface area contributed by atoms with Crippen molar-refractivity contribution in [3.05, 3.63) is 47.7 Å². The van der Waals surface area contributed by atoms with Gasteiger partial charge in [-0.05, 0) is 31.9 Å². The number of nitrogens with zero attached hydrogens (tertiary/aromatic N) is 4. The lowest BCUT2D eigenvalue weighted by Crippen LogP contribution is -2.27. The quantitative estimate of drug-likeness (QED) is 0.748. The van der Waals surface area contributed by atoms with Crippen molar-refractivity contribution >= 4 is 16.9 Å². The highest BCUT2D eigenvalue weighted by molar-refractivity contribution is 5.75. The molecule has 25 heavy (non-hydrogen) atoms. The molecule has 2 aromatic heterocycles. The minimum Gasteiger partial charge on any atom is -0.393 e. The van der Waals surface area contributed by atoms with Gasteiger partial charge in [-0.2, -0.15) is 0 Å². The average molecular weight is 337 g/mol. The van der Waals surface area contributed by atoms with Crippen LogP contribution in [0.1, 0.15) is 36.1 Å². The summed E-state index contributed by atoms with van der Waals surface area (Å²) >= 11 is 0. The van der Waals surface area contributed by atoms with Crippen LogP contribution in [-0.2, 0) is 13.5 Å². The van der Waals surface area contributed by atoms with Crippen LogP contribution in [0.25, 0.3) is 11.0 Å². The van der Waals surface area contributed by atoms with E-state index in [1.165, 1.54) is 0 Å². The monoisotopic (exact) mass is 337 g/mol. The SMILES string of the molecule is Cc1nc(NCCc2nc3ccccc3n2C)cc(C2CC(O)C2)n1. The second-order valence-corrected chi connectivity index (χ2v) is 6.80. The van der Waals surface area contributed by atoms with Crippen LogP contribution in [0.15, 0.2) is 30.3 Å². The third-order valence-electron chi connectivity index (χ3n) is 4.92. The number of rotatable bonds is 5. The molecule has 0 saturated heterocycles. The number of anilines is 1. The molecule has 1 aliphatic carbocycles. The molecule has 4 rings (SSSR count). The summed E-state index contributed by atoms with van der Waals surface area (Å²) in [5.74, 6) is 3.03. The second-order valence-electron chi connectivity index (χ2n) is 6.80. The maximum atomic E-state index is 9.50. The van der Waals surface area contributed by atoms with Crippen LogP contribution >= 0.6 is 0 Å². The summed E-state index contributed by atoms with van der Waals surface area (Å²) in [4.78, 5) is 13.7. The van der Waals surface area contributed by atoms with Gasteiger partial charge in [0.25, 0.3) is 0 Å². The van der Waals surface area contributed by atoms with E-state index in [0.717, 1.165) is 60.0 Å². The first-order valence-electron chi connectivity index (χ1n) is 8.78. The van der Waals surface area contributed by atoms with Crippen LogP contribution in [0, 0.1) is 6.92 Å². The molecule has 1 aromatic carbocycles. The number of imidazole rings is 1. The van der Waals surface area contributed by atoms with Crippen LogP contribution < -0.4 is 5.32 Å². The van der Waals surface area contributed by atoms with Crippen LogP contribution in [0.5, 0.6) is 0 Å². The lowest BCUT2D eigenvalue weighted by molar-refractivity contribution is 0.0731. The Kier molecular flexibility index (Phi) is 4.13. The first kappa shape index (κ1) is 16.0. The molecule has 1 saturated carbocycles. The Labute approximate surface area is 147 Å². The minimum atomic E-state index is -0.172. The minimum absolute atomic E-state index is 0.172. The summed E-state index contributed by atoms with van der Waals surface area (Å²) in [6.45, 7) is 2.68. The zero-order chi connectivity index (χ0) is 17.4. The van der Waals surface area contributed by atoms with Gasteiger partial charge in [-0.15, -0.1) is 0 Å². The Morgan fingerprint density at radius 1 is 1.20 bits per heavy atom. The van der Waals surface area contributed by atoms with Gasteiger partial charge in [0.05, 0.1) is 17.1 Å². The summed E-state index contributed by atoms with van der Waals surface area (Å²) in [5, 5.41) is 12.9. The molecule has 2 heterocycles. The Morgan fingerprint density at radius 3 is 2.76 bits per heavy atom. The molecule has 0 unspecified atom stereocenters. The highest BCUT2D eigenvalue weighted by Crippen LogP contribution is 2.36. The molecule has 0 spiro atoms. The number of aliphatic hydroxyl groups is 1. The van der Waals surface area contributed by atoms with Crippen LogP contribution in [0.3, 0.4) is 0 Å². The summed E-state index contributed by atoms with van der Waals surface area (Å²) in [6.07, 6.45) is 2.26. The Balaban J connectivity index is 1.43. The van der Waals surface area contributed by atoms with Gasteiger partial charge in [-0.3, -0.25) is 0 Å². The highest BCUT2D eigenvalue weighted by Gasteiger charge is 2.30. The molecule has 6 heteroatoms. The van der Waals surface area contributed by atoms with Crippen molar-refractivity contribution in [1.29, 1.82) is 0 Å². The van der Waals surface area contributed by atoms with E-state index in [2.05, 4.69) is 33.0 Å². The molecular formula is C19H23N5O. The molecule has 0 radical (unpaired) electrons. The number of aromatic nitrogens is 4. The summed E-state index contributed by atoms with van der Waals surface area (Å²) < 4.78 is 2.14. The highest BCUT2D eigenvalue weighted by atomic mass is 16.3. The van der Waals surface area contributed by atoms with Crippen LogP contribution in [-0.4, -0.2) is 37.3 Å². The number of para-hydroxylation sites is 2. The number of hydrogen-bond donors (Lipinski definition) is 2. The van der Waals surface area contributed by atoms with E-state index in [9.17, 15) is 5.11 Å². The normalized spacial score (nSPS) is 19.8. The number of aryl methyl sites for hydroxylation is 2. The van der Waals surface area contributed by atoms with Crippen molar-refractivity contribution in [3.63, 3.8) is 0 Å². The summed E-state index contributed by atoms with van der Waals surface area (Å²) in [7, 11) is 2.06. The molecule has 1 fully saturated rings. The van der Waals surface area contributed by atoms with Crippen molar-refractivity contribution in [2.45, 2.75) is 38.2 Å². The molecule has 0 amide bonds. The first-order valence-corrected chi connectivity index (χ1v) is 8.78. The zero-order valence-corrected chi connectivity index (χ0v) is 14.6. The number of hydrogen-bond acceptors (Lipinski definition) is 5. The van der Waals surface area contributed by atoms with E-state index in [-0.39, 0.29) is 6.10 Å². The van der Waals surface area contributed by atoms with E-state index >= 15 is 0 Å². The van der Waals surface area contributed by atoms with Gasteiger partial charge in [0, 0.05) is 37.7 Å². The number of benzene rings is 1. The molecular weight excluding hydrogens is 314 g/mol. The van der Waals surface area contributed by atoms with Crippen LogP contribution in [0.4, 0.5) is 5.82 Å². The molecule has 6 nitrogen and oxygen atoms in total. The fraction of sp³-hybridized carbons (Fsp3) is 0.421. The topological polar surface area (TPSA) is 75.9 Å². The second kappa shape index (κ2) is 6.44. The Bertz CT molecular complexity index is 898. The molecule has 0 aliphatic heterocycles. The van der Waals surface area contributed by atoms with Gasteiger partial charge >= 0.3 is 0 Å². The van der Waals surface area contributed by atoms with Crippen molar-refractivity contribution in [3.8, 4) is 0 Å². The Hall–Kier alpha value is -2.47. The number of nitrogens with one attached hydrogen (secondary N) is 1. The summed E-state index contributed by atoms with van der Waals surface area (Å²) in [6, 6.07) is 10.2. The standard InChI is InChI=1S/C19H23N5O/c1-12-21-16(13-9-14(25)10-13)11-18(22-12)20-8-7-19-23-15-5-3-4-6-17(15)24(19)2/h3-6,11,13-14,25H,7-10H2,1-2H3,(H,20,21,22). The largest absolute Gasteiger partial charge is 0.393 e. The fourth-order valence-electron chi connectivity index (χ4n) is 3.44. The van der Waals surface area contributed by atoms with Crippen LogP contribution in [0.2, 0.25) is 0 Å². The molecule has 130 valence electrons. The molecule has 3 aromatic rings. The van der Waals surface area contributed by atoms with Gasteiger partial charge in [0.15, 0.2) is 0 Å². The first-order chi connectivity index (χ1) is 12.1. The van der Waals surface area contributed by atoms with Crippen molar-refractivity contribution in [2.75, 3.05) is 11.9 Å². The molecule has 2 N–H and O–H groups in total. The van der Waals surface area contributed by atoms with E-state index < -0.39 is 0 Å². The smallest absolute Gasteiger partial charge is 0.129 e. The van der Waals surface area contributed by atoms with Crippen molar-refractivity contribution in [2.24, 2.45) is 7.05 Å². The lowest BCUT2D eigenvalue weighted by atomic mass is 9.80. The van der Waals surface area contributed by atoms with Gasteiger partial charge < -0.3 is 15.0 Å². The molecule has 1 aliphatic rings. The molecule has 0 atom stereocenters. The van der Waals surface area contributed by atoms with E-state index in [1.54, 1.807) is 0 Å². The van der Waals surface area contributed by atoms with Gasteiger partial charge in [-0.1, -0.05) is 12.1 Å². The number of aliphatic hydroxyl groups excluding tert-OH is 1. The third-order valence-corrected chi connectivity index (χ3v) is 4.92. The Morgan fingerprint density at radius 2 is 2.00 bits per heavy atom. The number of fused-ring (bicyclic) bond motifs is 1. The van der Waals surface area contributed by atoms with Gasteiger partial charge in [-0.25, -0.2) is 15.0 Å². The third kappa shape index (κ3) is 3.22. The average Bonchev–Trinajstić information content (AvgIpc) is 2.88.